The Kier molecular flexibility index (Phi) is 4.19. The van der Waals surface area contributed by atoms with Crippen LogP contribution in [0.1, 0.15) is 28.8 Å². The molecule has 3 aliphatic rings. The van der Waals surface area contributed by atoms with Gasteiger partial charge in [0.25, 0.3) is 5.91 Å². The molecule has 0 unspecified atom stereocenters. The predicted octanol–water partition coefficient (Wildman–Crippen LogP) is 0.796. The van der Waals surface area contributed by atoms with Gasteiger partial charge in [-0.3, -0.25) is 14.4 Å². The molecule has 0 saturated carbocycles. The summed E-state index contributed by atoms with van der Waals surface area (Å²) in [5.74, 6) is -0.0404. The lowest BCUT2D eigenvalue weighted by atomic mass is 9.73. The molecule has 3 heterocycles. The fourth-order valence-corrected chi connectivity index (χ4v) is 4.42. The minimum absolute atomic E-state index is 0.00532. The summed E-state index contributed by atoms with van der Waals surface area (Å²) in [5, 5.41) is 5.60. The second-order valence-corrected chi connectivity index (χ2v) is 7.36. The quantitative estimate of drug-likeness (QED) is 0.819. The second-order valence-electron chi connectivity index (χ2n) is 7.36. The Labute approximate surface area is 152 Å². The number of anilines is 1. The van der Waals surface area contributed by atoms with Crippen LogP contribution >= 0.6 is 0 Å². The fourth-order valence-electron chi connectivity index (χ4n) is 4.42. The van der Waals surface area contributed by atoms with Crippen molar-refractivity contribution in [3.63, 3.8) is 0 Å². The molecular weight excluding hydrogens is 334 g/mol. The van der Waals surface area contributed by atoms with Gasteiger partial charge in [-0.15, -0.1) is 0 Å². The molecule has 1 aromatic rings. The molecule has 0 aromatic heterocycles. The van der Waals surface area contributed by atoms with Crippen molar-refractivity contribution in [2.45, 2.75) is 19.3 Å². The van der Waals surface area contributed by atoms with E-state index in [4.69, 9.17) is 4.74 Å². The lowest BCUT2D eigenvalue weighted by Crippen LogP contribution is -2.49. The first-order valence-electron chi connectivity index (χ1n) is 9.05. The Morgan fingerprint density at radius 1 is 1.35 bits per heavy atom. The van der Waals surface area contributed by atoms with Crippen LogP contribution in [0.15, 0.2) is 18.2 Å². The van der Waals surface area contributed by atoms with E-state index in [0.717, 1.165) is 11.3 Å². The maximum absolute atomic E-state index is 13.1. The van der Waals surface area contributed by atoms with Crippen molar-refractivity contribution in [3.8, 4) is 0 Å². The van der Waals surface area contributed by atoms with Crippen molar-refractivity contribution in [3.05, 3.63) is 29.3 Å². The van der Waals surface area contributed by atoms with Gasteiger partial charge < -0.3 is 20.3 Å². The molecule has 3 amide bonds. The van der Waals surface area contributed by atoms with Crippen molar-refractivity contribution in [1.82, 2.24) is 10.2 Å². The highest BCUT2D eigenvalue weighted by Crippen LogP contribution is 2.43. The molecule has 0 radical (unpaired) electrons. The summed E-state index contributed by atoms with van der Waals surface area (Å²) in [6.45, 7) is 2.01. The molecule has 7 heteroatoms. The maximum Gasteiger partial charge on any atom is 0.253 e. The number of fused-ring (bicyclic) bond motifs is 2. The van der Waals surface area contributed by atoms with E-state index in [0.29, 0.717) is 51.1 Å². The molecule has 7 nitrogen and oxygen atoms in total. The van der Waals surface area contributed by atoms with Crippen LogP contribution in [0.3, 0.4) is 0 Å². The minimum Gasteiger partial charge on any atom is -0.381 e. The van der Waals surface area contributed by atoms with Crippen molar-refractivity contribution < 1.29 is 19.1 Å². The van der Waals surface area contributed by atoms with E-state index >= 15 is 0 Å². The zero-order valence-electron chi connectivity index (χ0n) is 14.8. The van der Waals surface area contributed by atoms with E-state index in [1.54, 1.807) is 24.1 Å². The SMILES string of the molecule is CNC(=O)[C@]12CCOC[C@H]1CN(C(=O)c1ccc3c(c1)CCC(=O)N3)C2. The van der Waals surface area contributed by atoms with Crippen molar-refractivity contribution in [2.24, 2.45) is 11.3 Å². The molecule has 4 rings (SSSR count). The number of amides is 3. The zero-order chi connectivity index (χ0) is 18.3. The van der Waals surface area contributed by atoms with Crippen LogP contribution < -0.4 is 10.6 Å². The third-order valence-electron chi connectivity index (χ3n) is 5.92. The second kappa shape index (κ2) is 6.39. The van der Waals surface area contributed by atoms with Crippen LogP contribution in [-0.4, -0.2) is 56.0 Å². The third-order valence-corrected chi connectivity index (χ3v) is 5.92. The summed E-state index contributed by atoms with van der Waals surface area (Å²) >= 11 is 0. The summed E-state index contributed by atoms with van der Waals surface area (Å²) in [6.07, 6.45) is 1.71. The molecule has 0 aliphatic carbocycles. The first-order chi connectivity index (χ1) is 12.5. The Bertz CT molecular complexity index is 778. The first-order valence-corrected chi connectivity index (χ1v) is 9.05. The third kappa shape index (κ3) is 2.67. The van der Waals surface area contributed by atoms with Gasteiger partial charge in [0.05, 0.1) is 12.0 Å². The highest BCUT2D eigenvalue weighted by atomic mass is 16.5. The zero-order valence-corrected chi connectivity index (χ0v) is 14.8. The largest absolute Gasteiger partial charge is 0.381 e. The molecular formula is C19H23N3O4. The lowest BCUT2D eigenvalue weighted by molar-refractivity contribution is -0.138. The van der Waals surface area contributed by atoms with Crippen LogP contribution in [0.2, 0.25) is 0 Å². The number of likely N-dealkylation sites (tertiary alicyclic amines) is 1. The van der Waals surface area contributed by atoms with Gasteiger partial charge >= 0.3 is 0 Å². The van der Waals surface area contributed by atoms with Gasteiger partial charge in [-0.2, -0.15) is 0 Å². The number of hydrogen-bond donors (Lipinski definition) is 2. The molecule has 2 atom stereocenters. The summed E-state index contributed by atoms with van der Waals surface area (Å²) in [4.78, 5) is 38.9. The summed E-state index contributed by atoms with van der Waals surface area (Å²) in [5.41, 5.74) is 1.82. The number of nitrogens with one attached hydrogen (secondary N) is 2. The van der Waals surface area contributed by atoms with Crippen molar-refractivity contribution in [1.29, 1.82) is 0 Å². The van der Waals surface area contributed by atoms with Gasteiger partial charge in [-0.25, -0.2) is 0 Å². The van der Waals surface area contributed by atoms with E-state index in [2.05, 4.69) is 10.6 Å². The van der Waals surface area contributed by atoms with Crippen LogP contribution in [0.5, 0.6) is 0 Å². The number of rotatable bonds is 2. The summed E-state index contributed by atoms with van der Waals surface area (Å²) < 4.78 is 5.56. The molecule has 2 N–H and O–H groups in total. The topological polar surface area (TPSA) is 87.7 Å². The molecule has 26 heavy (non-hydrogen) atoms. The average Bonchev–Trinajstić information content (AvgIpc) is 3.07. The number of aryl methyl sites for hydroxylation is 1. The maximum atomic E-state index is 13.1. The van der Waals surface area contributed by atoms with Crippen LogP contribution in [-0.2, 0) is 20.7 Å². The molecule has 1 aromatic carbocycles. The highest BCUT2D eigenvalue weighted by Gasteiger charge is 2.54. The standard InChI is InChI=1S/C19H23N3O4/c1-20-18(25)19-6-7-26-10-14(19)9-22(11-19)17(24)13-2-4-15-12(8-13)3-5-16(23)21-15/h2,4,8,14H,3,5-7,9-11H2,1H3,(H,20,25)(H,21,23)/t14-,19+/m1/s1. The first kappa shape index (κ1) is 17.0. The van der Waals surface area contributed by atoms with E-state index in [-0.39, 0.29) is 23.6 Å². The Morgan fingerprint density at radius 3 is 3.00 bits per heavy atom. The number of hydrogen-bond acceptors (Lipinski definition) is 4. The van der Waals surface area contributed by atoms with Gasteiger partial charge in [0.1, 0.15) is 0 Å². The number of ether oxygens (including phenoxy) is 1. The lowest BCUT2D eigenvalue weighted by Gasteiger charge is -2.36. The van der Waals surface area contributed by atoms with Gasteiger partial charge in [0.2, 0.25) is 11.8 Å². The molecule has 138 valence electrons. The van der Waals surface area contributed by atoms with Gasteiger partial charge in [-0.05, 0) is 36.6 Å². The summed E-state index contributed by atoms with van der Waals surface area (Å²) in [7, 11) is 1.64. The molecule has 2 fully saturated rings. The van der Waals surface area contributed by atoms with Crippen LogP contribution in [0.25, 0.3) is 0 Å². The van der Waals surface area contributed by atoms with Gasteiger partial charge in [-0.1, -0.05) is 0 Å². The number of nitrogens with zero attached hydrogens (tertiary/aromatic N) is 1. The Morgan fingerprint density at radius 2 is 2.19 bits per heavy atom. The van der Waals surface area contributed by atoms with Crippen LogP contribution in [0, 0.1) is 11.3 Å². The summed E-state index contributed by atoms with van der Waals surface area (Å²) in [6, 6.07) is 5.40. The number of benzene rings is 1. The number of carbonyl (C=O) groups excluding carboxylic acids is 3. The molecule has 2 saturated heterocycles. The van der Waals surface area contributed by atoms with E-state index in [1.807, 2.05) is 6.07 Å². The van der Waals surface area contributed by atoms with Gasteiger partial charge in [0, 0.05) is 50.3 Å². The van der Waals surface area contributed by atoms with Gasteiger partial charge in [0.15, 0.2) is 0 Å². The molecule has 0 bridgehead atoms. The average molecular weight is 357 g/mol. The molecule has 0 spiro atoms. The minimum atomic E-state index is -0.551. The fraction of sp³-hybridized carbons (Fsp3) is 0.526. The van der Waals surface area contributed by atoms with Crippen LogP contribution in [0.4, 0.5) is 5.69 Å². The number of carbonyl (C=O) groups is 3. The smallest absolute Gasteiger partial charge is 0.253 e. The van der Waals surface area contributed by atoms with E-state index < -0.39 is 5.41 Å². The predicted molar refractivity (Wildman–Crippen MR) is 94.7 cm³/mol. The normalized spacial score (nSPS) is 27.3. The van der Waals surface area contributed by atoms with Crippen molar-refractivity contribution in [2.75, 3.05) is 38.7 Å². The van der Waals surface area contributed by atoms with Crippen molar-refractivity contribution >= 4 is 23.4 Å². The highest BCUT2D eigenvalue weighted by molar-refractivity contribution is 5.98. The van der Waals surface area contributed by atoms with E-state index in [1.165, 1.54) is 0 Å². The Balaban J connectivity index is 1.57. The molecule has 3 aliphatic heterocycles. The Hall–Kier alpha value is -2.41. The van der Waals surface area contributed by atoms with E-state index in [9.17, 15) is 14.4 Å². The monoisotopic (exact) mass is 357 g/mol.